The topological polar surface area (TPSA) is 78.1 Å². The van der Waals surface area contributed by atoms with Gasteiger partial charge in [0.05, 0.1) is 5.69 Å². The molecule has 2 amide bonds. The first-order valence-electron chi connectivity index (χ1n) is 9.98. The third-order valence-electron chi connectivity index (χ3n) is 5.46. The van der Waals surface area contributed by atoms with Crippen molar-refractivity contribution in [3.63, 3.8) is 0 Å². The molecule has 0 radical (unpaired) electrons. The lowest BCUT2D eigenvalue weighted by Crippen LogP contribution is -2.46. The average molecular weight is 406 g/mol. The summed E-state index contributed by atoms with van der Waals surface area (Å²) in [5, 5.41) is 10.0. The lowest BCUT2D eigenvalue weighted by atomic mass is 10.0. The molecule has 1 fully saturated rings. The number of hydrogen-bond acceptors (Lipinski definition) is 3. The molecule has 2 N–H and O–H groups in total. The molecule has 3 aromatic rings. The molecule has 1 aromatic heterocycles. The highest BCUT2D eigenvalue weighted by Gasteiger charge is 2.26. The molecule has 1 saturated heterocycles. The van der Waals surface area contributed by atoms with Gasteiger partial charge in [0.1, 0.15) is 11.5 Å². The zero-order chi connectivity index (χ0) is 21.1. The molecule has 0 aliphatic carbocycles. The van der Waals surface area contributed by atoms with E-state index in [9.17, 15) is 14.0 Å². The number of piperidine rings is 1. The van der Waals surface area contributed by atoms with Gasteiger partial charge in [-0.05, 0) is 61.7 Å². The Balaban J connectivity index is 1.34. The molecule has 0 spiro atoms. The van der Waals surface area contributed by atoms with Gasteiger partial charge in [0.2, 0.25) is 0 Å². The standard InChI is InChI=1S/C23H23FN4O2/c1-15-4-2-3-5-19(15)22(29)25-18-10-12-28(13-11-18)23(30)21-14-20(26-27-21)16-6-8-17(24)9-7-16/h2-9,14,18H,10-13H2,1H3,(H,25,29)(H,26,27). The molecule has 0 saturated carbocycles. The lowest BCUT2D eigenvalue weighted by Gasteiger charge is -2.32. The van der Waals surface area contributed by atoms with E-state index in [-0.39, 0.29) is 23.7 Å². The molecule has 1 aliphatic heterocycles. The Morgan fingerprint density at radius 3 is 2.50 bits per heavy atom. The Hall–Kier alpha value is -3.48. The second kappa shape index (κ2) is 8.49. The molecule has 2 aromatic carbocycles. The fourth-order valence-electron chi connectivity index (χ4n) is 3.69. The van der Waals surface area contributed by atoms with Crippen LogP contribution in [0.3, 0.4) is 0 Å². The predicted octanol–water partition coefficient (Wildman–Crippen LogP) is 3.56. The first-order valence-corrected chi connectivity index (χ1v) is 9.98. The first kappa shape index (κ1) is 19.8. The van der Waals surface area contributed by atoms with E-state index in [4.69, 9.17) is 0 Å². The number of aromatic amines is 1. The largest absolute Gasteiger partial charge is 0.349 e. The highest BCUT2D eigenvalue weighted by Crippen LogP contribution is 2.20. The summed E-state index contributed by atoms with van der Waals surface area (Å²) in [4.78, 5) is 27.1. The molecule has 7 heteroatoms. The molecule has 1 aliphatic rings. The second-order valence-corrected chi connectivity index (χ2v) is 7.53. The Bertz CT molecular complexity index is 1050. The number of amides is 2. The van der Waals surface area contributed by atoms with Crippen LogP contribution in [-0.2, 0) is 0 Å². The van der Waals surface area contributed by atoms with Crippen molar-refractivity contribution in [2.75, 3.05) is 13.1 Å². The van der Waals surface area contributed by atoms with Gasteiger partial charge < -0.3 is 10.2 Å². The number of H-pyrrole nitrogens is 1. The molecule has 0 unspecified atom stereocenters. The van der Waals surface area contributed by atoms with Gasteiger partial charge in [-0.2, -0.15) is 5.10 Å². The van der Waals surface area contributed by atoms with E-state index in [2.05, 4.69) is 15.5 Å². The minimum Gasteiger partial charge on any atom is -0.349 e. The van der Waals surface area contributed by atoms with Gasteiger partial charge >= 0.3 is 0 Å². The number of likely N-dealkylation sites (tertiary alicyclic amines) is 1. The number of aromatic nitrogens is 2. The minimum absolute atomic E-state index is 0.0395. The van der Waals surface area contributed by atoms with Crippen molar-refractivity contribution in [3.05, 3.63) is 77.2 Å². The fraction of sp³-hybridized carbons (Fsp3) is 0.261. The SMILES string of the molecule is Cc1ccccc1C(=O)NC1CCN(C(=O)c2cc(-c3ccc(F)cc3)n[nH]2)CC1. The zero-order valence-electron chi connectivity index (χ0n) is 16.7. The van der Waals surface area contributed by atoms with Gasteiger partial charge in [0.25, 0.3) is 11.8 Å². The smallest absolute Gasteiger partial charge is 0.271 e. The maximum atomic E-state index is 13.1. The van der Waals surface area contributed by atoms with E-state index in [0.717, 1.165) is 11.1 Å². The van der Waals surface area contributed by atoms with E-state index in [1.165, 1.54) is 12.1 Å². The van der Waals surface area contributed by atoms with Gasteiger partial charge in [0.15, 0.2) is 0 Å². The maximum absolute atomic E-state index is 13.1. The average Bonchev–Trinajstić information content (AvgIpc) is 3.25. The molecular weight excluding hydrogens is 383 g/mol. The molecule has 4 rings (SSSR count). The van der Waals surface area contributed by atoms with Crippen molar-refractivity contribution in [2.24, 2.45) is 0 Å². The molecule has 0 bridgehead atoms. The summed E-state index contributed by atoms with van der Waals surface area (Å²) < 4.78 is 13.1. The molecule has 0 atom stereocenters. The summed E-state index contributed by atoms with van der Waals surface area (Å²) in [7, 11) is 0. The number of nitrogens with one attached hydrogen (secondary N) is 2. The van der Waals surface area contributed by atoms with Crippen molar-refractivity contribution >= 4 is 11.8 Å². The third-order valence-corrected chi connectivity index (χ3v) is 5.46. The van der Waals surface area contributed by atoms with Crippen LogP contribution in [0, 0.1) is 12.7 Å². The van der Waals surface area contributed by atoms with Gasteiger partial charge in [-0.25, -0.2) is 4.39 Å². The van der Waals surface area contributed by atoms with Gasteiger partial charge in [0, 0.05) is 30.3 Å². The van der Waals surface area contributed by atoms with Gasteiger partial charge in [-0.3, -0.25) is 14.7 Å². The lowest BCUT2D eigenvalue weighted by molar-refractivity contribution is 0.0692. The van der Waals surface area contributed by atoms with Crippen molar-refractivity contribution in [1.29, 1.82) is 0 Å². The number of carbonyl (C=O) groups excluding carboxylic acids is 2. The molecular formula is C23H23FN4O2. The number of benzene rings is 2. The van der Waals surface area contributed by atoms with Crippen molar-refractivity contribution in [3.8, 4) is 11.3 Å². The molecule has 30 heavy (non-hydrogen) atoms. The number of rotatable bonds is 4. The summed E-state index contributed by atoms with van der Waals surface area (Å²) in [5.41, 5.74) is 3.36. The molecule has 154 valence electrons. The first-order chi connectivity index (χ1) is 14.5. The highest BCUT2D eigenvalue weighted by atomic mass is 19.1. The normalized spacial score (nSPS) is 14.5. The second-order valence-electron chi connectivity index (χ2n) is 7.53. The molecule has 6 nitrogen and oxygen atoms in total. The van der Waals surface area contributed by atoms with Crippen LogP contribution in [0.25, 0.3) is 11.3 Å². The van der Waals surface area contributed by atoms with Crippen LogP contribution in [0.1, 0.15) is 39.3 Å². The Morgan fingerprint density at radius 1 is 1.10 bits per heavy atom. The van der Waals surface area contributed by atoms with E-state index in [1.807, 2.05) is 31.2 Å². The van der Waals surface area contributed by atoms with Crippen LogP contribution in [0.4, 0.5) is 4.39 Å². The van der Waals surface area contributed by atoms with E-state index in [1.54, 1.807) is 23.1 Å². The maximum Gasteiger partial charge on any atom is 0.271 e. The third kappa shape index (κ3) is 4.25. The summed E-state index contributed by atoms with van der Waals surface area (Å²) in [6.45, 7) is 3.03. The highest BCUT2D eigenvalue weighted by molar-refractivity contribution is 5.96. The number of halogens is 1. The van der Waals surface area contributed by atoms with E-state index >= 15 is 0 Å². The zero-order valence-corrected chi connectivity index (χ0v) is 16.7. The number of carbonyl (C=O) groups is 2. The minimum atomic E-state index is -0.317. The van der Waals surface area contributed by atoms with Crippen molar-refractivity contribution < 1.29 is 14.0 Å². The van der Waals surface area contributed by atoms with E-state index < -0.39 is 0 Å². The summed E-state index contributed by atoms with van der Waals surface area (Å²) in [6.07, 6.45) is 1.39. The molecule has 2 heterocycles. The Morgan fingerprint density at radius 2 is 1.80 bits per heavy atom. The monoisotopic (exact) mass is 406 g/mol. The van der Waals surface area contributed by atoms with Crippen molar-refractivity contribution in [1.82, 2.24) is 20.4 Å². The number of aryl methyl sites for hydroxylation is 1. The van der Waals surface area contributed by atoms with Crippen LogP contribution in [-0.4, -0.2) is 46.0 Å². The van der Waals surface area contributed by atoms with Crippen LogP contribution in [0.2, 0.25) is 0 Å². The Labute approximate surface area is 174 Å². The van der Waals surface area contributed by atoms with Crippen molar-refractivity contribution in [2.45, 2.75) is 25.8 Å². The quantitative estimate of drug-likeness (QED) is 0.695. The van der Waals surface area contributed by atoms with Crippen LogP contribution in [0.5, 0.6) is 0 Å². The fourth-order valence-corrected chi connectivity index (χ4v) is 3.69. The summed E-state index contributed by atoms with van der Waals surface area (Å²) in [6, 6.07) is 15.2. The number of nitrogens with zero attached hydrogens (tertiary/aromatic N) is 2. The summed E-state index contributed by atoms with van der Waals surface area (Å²) >= 11 is 0. The van der Waals surface area contributed by atoms with Crippen LogP contribution < -0.4 is 5.32 Å². The van der Waals surface area contributed by atoms with Gasteiger partial charge in [-0.15, -0.1) is 0 Å². The van der Waals surface area contributed by atoms with Crippen LogP contribution >= 0.6 is 0 Å². The summed E-state index contributed by atoms with van der Waals surface area (Å²) in [5.74, 6) is -0.516. The van der Waals surface area contributed by atoms with E-state index in [0.29, 0.717) is 42.9 Å². The predicted molar refractivity (Wildman–Crippen MR) is 112 cm³/mol. The van der Waals surface area contributed by atoms with Crippen LogP contribution in [0.15, 0.2) is 54.6 Å². The van der Waals surface area contributed by atoms with Gasteiger partial charge in [-0.1, -0.05) is 18.2 Å². The number of hydrogen-bond donors (Lipinski definition) is 2. The Kier molecular flexibility index (Phi) is 5.61.